The van der Waals surface area contributed by atoms with Crippen LogP contribution in [-0.2, 0) is 11.3 Å². The first-order valence-electron chi connectivity index (χ1n) is 7.11. The Morgan fingerprint density at radius 1 is 1.24 bits per heavy atom. The largest absolute Gasteiger partial charge is 0.354 e. The second-order valence-electron chi connectivity index (χ2n) is 5.30. The van der Waals surface area contributed by atoms with E-state index in [0.717, 1.165) is 12.1 Å². The average molecular weight is 290 g/mol. The minimum absolute atomic E-state index is 0.00579. The number of rotatable bonds is 4. The summed E-state index contributed by atoms with van der Waals surface area (Å²) in [5, 5.41) is 8.85. The summed E-state index contributed by atoms with van der Waals surface area (Å²) < 4.78 is 0. The molecule has 3 amide bonds. The molecule has 0 spiro atoms. The molecule has 1 aromatic rings. The maximum absolute atomic E-state index is 12.3. The van der Waals surface area contributed by atoms with Crippen LogP contribution in [0.5, 0.6) is 0 Å². The predicted molar refractivity (Wildman–Crippen MR) is 81.0 cm³/mol. The third-order valence-electron chi connectivity index (χ3n) is 3.52. The SMILES string of the molecule is CN(C)C(=O)NCCNC(=O)C1CNCc2ccccc21. The molecule has 6 nitrogen and oxygen atoms in total. The van der Waals surface area contributed by atoms with E-state index in [1.165, 1.54) is 10.5 Å². The summed E-state index contributed by atoms with van der Waals surface area (Å²) in [6, 6.07) is 7.83. The number of fused-ring (bicyclic) bond motifs is 1. The molecule has 0 aromatic heterocycles. The molecule has 1 aliphatic heterocycles. The molecule has 0 aliphatic carbocycles. The first-order chi connectivity index (χ1) is 10.1. The number of amides is 3. The highest BCUT2D eigenvalue weighted by Crippen LogP contribution is 2.23. The lowest BCUT2D eigenvalue weighted by Crippen LogP contribution is -2.43. The van der Waals surface area contributed by atoms with E-state index >= 15 is 0 Å². The van der Waals surface area contributed by atoms with Crippen molar-refractivity contribution in [3.8, 4) is 0 Å². The number of urea groups is 1. The Bertz CT molecular complexity index is 516. The summed E-state index contributed by atoms with van der Waals surface area (Å²) in [5.41, 5.74) is 2.26. The molecule has 2 rings (SSSR count). The first kappa shape index (κ1) is 15.3. The van der Waals surface area contributed by atoms with Gasteiger partial charge in [-0.1, -0.05) is 24.3 Å². The van der Waals surface area contributed by atoms with Crippen LogP contribution >= 0.6 is 0 Å². The summed E-state index contributed by atoms with van der Waals surface area (Å²) in [5.74, 6) is -0.173. The minimum Gasteiger partial charge on any atom is -0.354 e. The third-order valence-corrected chi connectivity index (χ3v) is 3.52. The van der Waals surface area contributed by atoms with Gasteiger partial charge in [0.25, 0.3) is 0 Å². The monoisotopic (exact) mass is 290 g/mol. The number of carbonyl (C=O) groups is 2. The summed E-state index contributed by atoms with van der Waals surface area (Å²) in [7, 11) is 3.36. The molecule has 3 N–H and O–H groups in total. The van der Waals surface area contributed by atoms with Gasteiger partial charge in [0.05, 0.1) is 5.92 Å². The Kier molecular flexibility index (Phi) is 5.16. The zero-order chi connectivity index (χ0) is 15.2. The van der Waals surface area contributed by atoms with Crippen LogP contribution in [0.2, 0.25) is 0 Å². The Morgan fingerprint density at radius 3 is 2.71 bits per heavy atom. The van der Waals surface area contributed by atoms with Crippen molar-refractivity contribution >= 4 is 11.9 Å². The lowest BCUT2D eigenvalue weighted by atomic mass is 9.90. The fourth-order valence-corrected chi connectivity index (χ4v) is 2.37. The summed E-state index contributed by atoms with van der Waals surface area (Å²) in [6.07, 6.45) is 0. The van der Waals surface area contributed by atoms with Crippen molar-refractivity contribution in [2.75, 3.05) is 33.7 Å². The molecule has 0 radical (unpaired) electrons. The third kappa shape index (κ3) is 3.95. The van der Waals surface area contributed by atoms with E-state index < -0.39 is 0 Å². The van der Waals surface area contributed by atoms with E-state index in [4.69, 9.17) is 0 Å². The van der Waals surface area contributed by atoms with Gasteiger partial charge in [0.2, 0.25) is 5.91 Å². The Hall–Kier alpha value is -2.08. The highest BCUT2D eigenvalue weighted by atomic mass is 16.2. The van der Waals surface area contributed by atoms with Crippen LogP contribution in [-0.4, -0.2) is 50.6 Å². The van der Waals surface area contributed by atoms with Gasteiger partial charge >= 0.3 is 6.03 Å². The van der Waals surface area contributed by atoms with Gasteiger partial charge in [0.1, 0.15) is 0 Å². The molecule has 0 bridgehead atoms. The van der Waals surface area contributed by atoms with Crippen LogP contribution in [0, 0.1) is 0 Å². The molecular weight excluding hydrogens is 268 g/mol. The van der Waals surface area contributed by atoms with Gasteiger partial charge in [0, 0.05) is 40.3 Å². The number of benzene rings is 1. The van der Waals surface area contributed by atoms with Crippen LogP contribution in [0.3, 0.4) is 0 Å². The molecule has 0 fully saturated rings. The normalized spacial score (nSPS) is 16.8. The topological polar surface area (TPSA) is 73.5 Å². The van der Waals surface area contributed by atoms with Crippen molar-refractivity contribution in [1.82, 2.24) is 20.9 Å². The van der Waals surface area contributed by atoms with Crippen molar-refractivity contribution in [2.45, 2.75) is 12.5 Å². The van der Waals surface area contributed by atoms with E-state index in [1.807, 2.05) is 24.3 Å². The summed E-state index contributed by atoms with van der Waals surface area (Å²) in [4.78, 5) is 25.1. The predicted octanol–water partition coefficient (Wildman–Crippen LogP) is 0.261. The van der Waals surface area contributed by atoms with E-state index in [2.05, 4.69) is 16.0 Å². The quantitative estimate of drug-likeness (QED) is 0.697. The maximum atomic E-state index is 12.3. The summed E-state index contributed by atoms with van der Waals surface area (Å²) >= 11 is 0. The fourth-order valence-electron chi connectivity index (χ4n) is 2.37. The standard InChI is InChI=1S/C15H22N4O2/c1-19(2)15(21)18-8-7-17-14(20)13-10-16-9-11-5-3-4-6-12(11)13/h3-6,13,16H,7-10H2,1-2H3,(H,17,20)(H,18,21). The van der Waals surface area contributed by atoms with Crippen molar-refractivity contribution in [1.29, 1.82) is 0 Å². The van der Waals surface area contributed by atoms with Gasteiger partial charge in [-0.2, -0.15) is 0 Å². The molecule has 1 heterocycles. The van der Waals surface area contributed by atoms with Gasteiger partial charge < -0.3 is 20.9 Å². The number of nitrogens with zero attached hydrogens (tertiary/aromatic N) is 1. The highest BCUT2D eigenvalue weighted by Gasteiger charge is 2.25. The molecule has 6 heteroatoms. The van der Waals surface area contributed by atoms with Gasteiger partial charge in [-0.15, -0.1) is 0 Å². The second kappa shape index (κ2) is 7.08. The number of hydrogen-bond donors (Lipinski definition) is 3. The van der Waals surface area contributed by atoms with Crippen LogP contribution in [0.4, 0.5) is 4.79 Å². The number of nitrogens with one attached hydrogen (secondary N) is 3. The van der Waals surface area contributed by atoms with Crippen LogP contribution < -0.4 is 16.0 Å². The van der Waals surface area contributed by atoms with Crippen molar-refractivity contribution in [2.24, 2.45) is 0 Å². The first-order valence-corrected chi connectivity index (χ1v) is 7.11. The minimum atomic E-state index is -0.167. The zero-order valence-electron chi connectivity index (χ0n) is 12.5. The maximum Gasteiger partial charge on any atom is 0.316 e. The van der Waals surface area contributed by atoms with E-state index in [0.29, 0.717) is 19.6 Å². The van der Waals surface area contributed by atoms with Crippen molar-refractivity contribution < 1.29 is 9.59 Å². The van der Waals surface area contributed by atoms with Crippen LogP contribution in [0.25, 0.3) is 0 Å². The molecule has 0 saturated carbocycles. The van der Waals surface area contributed by atoms with E-state index in [9.17, 15) is 9.59 Å². The van der Waals surface area contributed by atoms with E-state index in [-0.39, 0.29) is 17.9 Å². The average Bonchev–Trinajstić information content (AvgIpc) is 2.50. The molecule has 1 atom stereocenters. The van der Waals surface area contributed by atoms with Gasteiger partial charge in [-0.25, -0.2) is 4.79 Å². The van der Waals surface area contributed by atoms with Gasteiger partial charge in [-0.3, -0.25) is 4.79 Å². The Morgan fingerprint density at radius 2 is 1.95 bits per heavy atom. The smallest absolute Gasteiger partial charge is 0.316 e. The summed E-state index contributed by atoms with van der Waals surface area (Å²) in [6.45, 7) is 2.30. The Balaban J connectivity index is 1.83. The lowest BCUT2D eigenvalue weighted by molar-refractivity contribution is -0.122. The van der Waals surface area contributed by atoms with Gasteiger partial charge in [0.15, 0.2) is 0 Å². The van der Waals surface area contributed by atoms with Crippen molar-refractivity contribution in [3.63, 3.8) is 0 Å². The molecule has 1 aromatic carbocycles. The number of hydrogen-bond acceptors (Lipinski definition) is 3. The highest BCUT2D eigenvalue weighted by molar-refractivity contribution is 5.84. The van der Waals surface area contributed by atoms with Crippen LogP contribution in [0.15, 0.2) is 24.3 Å². The van der Waals surface area contributed by atoms with Gasteiger partial charge in [-0.05, 0) is 11.1 Å². The zero-order valence-corrected chi connectivity index (χ0v) is 12.5. The molecule has 1 aliphatic rings. The molecule has 21 heavy (non-hydrogen) atoms. The second-order valence-corrected chi connectivity index (χ2v) is 5.30. The lowest BCUT2D eigenvalue weighted by Gasteiger charge is -2.25. The molecular formula is C15H22N4O2. The Labute approximate surface area is 124 Å². The van der Waals surface area contributed by atoms with Crippen molar-refractivity contribution in [3.05, 3.63) is 35.4 Å². The fraction of sp³-hybridized carbons (Fsp3) is 0.467. The van der Waals surface area contributed by atoms with Crippen LogP contribution in [0.1, 0.15) is 17.0 Å². The van der Waals surface area contributed by atoms with E-state index in [1.54, 1.807) is 14.1 Å². The molecule has 1 unspecified atom stereocenters. The number of carbonyl (C=O) groups excluding carboxylic acids is 2. The molecule has 0 saturated heterocycles. The molecule has 114 valence electrons.